The highest BCUT2D eigenvalue weighted by atomic mass is 32.2. The number of nitro groups is 1. The third-order valence-electron chi connectivity index (χ3n) is 7.07. The Balaban J connectivity index is 2.10. The number of carbonyl (C=O) groups is 1. The first-order valence-electron chi connectivity index (χ1n) is 12.4. The number of amides is 1. The first-order valence-corrected chi connectivity index (χ1v) is 17.5. The molecule has 0 aliphatic carbocycles. The molecule has 2 aromatic rings. The third kappa shape index (κ3) is 6.36. The van der Waals surface area contributed by atoms with Gasteiger partial charge in [0.25, 0.3) is 15.7 Å². The Morgan fingerprint density at radius 1 is 1.35 bits per heavy atom. The van der Waals surface area contributed by atoms with Crippen LogP contribution in [0.25, 0.3) is 0 Å². The zero-order valence-corrected chi connectivity index (χ0v) is 25.7. The molecule has 1 N–H and O–H groups in total. The molecule has 0 spiro atoms. The summed E-state index contributed by atoms with van der Waals surface area (Å²) in [4.78, 5) is 41.8. The van der Waals surface area contributed by atoms with Crippen LogP contribution in [0.2, 0.25) is 18.1 Å². The summed E-state index contributed by atoms with van der Waals surface area (Å²) in [6.45, 7) is 13.5. The van der Waals surface area contributed by atoms with Gasteiger partial charge in [-0.3, -0.25) is 24.3 Å². The Labute approximate surface area is 237 Å². The lowest BCUT2D eigenvalue weighted by molar-refractivity contribution is -0.388. The SMILES string of the molecule is C=CCON(C1CN(C(=O)O)Cc2c1sc(=O)n2CCO[Si](C)(C)C(C)(C)C)S(=O)(=O)c1ccccc1[N+](=O)[O-]. The van der Waals surface area contributed by atoms with Gasteiger partial charge in [0, 0.05) is 19.2 Å². The molecule has 13 nitrogen and oxygen atoms in total. The Hall–Kier alpha value is -2.89. The number of carboxylic acid groups (broad SMARTS) is 1. The quantitative estimate of drug-likeness (QED) is 0.169. The van der Waals surface area contributed by atoms with Gasteiger partial charge in [0.2, 0.25) is 0 Å². The largest absolute Gasteiger partial charge is 0.465 e. The van der Waals surface area contributed by atoms with Gasteiger partial charge < -0.3 is 14.4 Å². The first-order chi connectivity index (χ1) is 18.5. The average Bonchev–Trinajstić information content (AvgIpc) is 3.18. The summed E-state index contributed by atoms with van der Waals surface area (Å²) in [7, 11) is -6.85. The van der Waals surface area contributed by atoms with E-state index in [0.717, 1.165) is 28.4 Å². The number of nitrogens with zero attached hydrogens (tertiary/aromatic N) is 4. The van der Waals surface area contributed by atoms with Crippen molar-refractivity contribution in [1.82, 2.24) is 13.9 Å². The maximum atomic E-state index is 13.8. The zero-order chi connectivity index (χ0) is 30.0. The number of hydrogen-bond acceptors (Lipinski definition) is 9. The van der Waals surface area contributed by atoms with Gasteiger partial charge in [0.1, 0.15) is 6.04 Å². The van der Waals surface area contributed by atoms with Crippen LogP contribution in [0, 0.1) is 10.1 Å². The lowest BCUT2D eigenvalue weighted by Gasteiger charge is -2.37. The van der Waals surface area contributed by atoms with Crippen LogP contribution >= 0.6 is 11.3 Å². The van der Waals surface area contributed by atoms with Crippen molar-refractivity contribution in [3.8, 4) is 0 Å². The van der Waals surface area contributed by atoms with Crippen molar-refractivity contribution < 1.29 is 32.5 Å². The molecular weight excluding hydrogens is 581 g/mol. The van der Waals surface area contributed by atoms with Crippen molar-refractivity contribution >= 4 is 41.5 Å². The second-order valence-electron chi connectivity index (χ2n) is 10.7. The van der Waals surface area contributed by atoms with Gasteiger partial charge in [-0.1, -0.05) is 54.8 Å². The summed E-state index contributed by atoms with van der Waals surface area (Å²) >= 11 is 0.784. The lowest BCUT2D eigenvalue weighted by Crippen LogP contribution is -2.46. The standard InChI is InChI=1S/C24H34N4O9S2Si/c1-7-13-36-28(39(34,35)20-11-9-8-10-17(20)27(32)33)19-16-25(22(29)30)15-18-21(19)38-23(31)26(18)12-14-37-40(5,6)24(2,3)4/h7-11,19H,1,12-16H2,2-6H3,(H,29,30). The van der Waals surface area contributed by atoms with E-state index in [1.54, 1.807) is 0 Å². The monoisotopic (exact) mass is 614 g/mol. The molecule has 3 rings (SSSR count). The number of sulfonamides is 1. The minimum Gasteiger partial charge on any atom is -0.465 e. The minimum atomic E-state index is -4.72. The highest BCUT2D eigenvalue weighted by Gasteiger charge is 2.44. The van der Waals surface area contributed by atoms with Crippen LogP contribution in [0.3, 0.4) is 0 Å². The summed E-state index contributed by atoms with van der Waals surface area (Å²) in [5.41, 5.74) is -0.355. The fourth-order valence-electron chi connectivity index (χ4n) is 3.93. The Kier molecular flexibility index (Phi) is 9.42. The molecule has 0 radical (unpaired) electrons. The van der Waals surface area contributed by atoms with E-state index in [1.165, 1.54) is 22.8 Å². The number of hydroxylamine groups is 1. The Morgan fingerprint density at radius 2 is 2.00 bits per heavy atom. The van der Waals surface area contributed by atoms with Crippen molar-refractivity contribution in [1.29, 1.82) is 0 Å². The van der Waals surface area contributed by atoms with Gasteiger partial charge >= 0.3 is 11.0 Å². The maximum Gasteiger partial charge on any atom is 0.407 e. The number of fused-ring (bicyclic) bond motifs is 1. The second kappa shape index (κ2) is 11.9. The van der Waals surface area contributed by atoms with Crippen LogP contribution in [0.15, 0.2) is 46.6 Å². The summed E-state index contributed by atoms with van der Waals surface area (Å²) in [6, 6.07) is 3.49. The molecule has 2 heterocycles. The number of rotatable bonds is 11. The molecule has 16 heteroatoms. The molecule has 1 unspecified atom stereocenters. The molecule has 220 valence electrons. The smallest absolute Gasteiger partial charge is 0.407 e. The highest BCUT2D eigenvalue weighted by molar-refractivity contribution is 7.89. The molecule has 1 atom stereocenters. The number of benzene rings is 1. The van der Waals surface area contributed by atoms with Crippen LogP contribution < -0.4 is 4.87 Å². The van der Waals surface area contributed by atoms with Gasteiger partial charge in [-0.25, -0.2) is 13.2 Å². The molecular formula is C24H34N4O9S2Si. The highest BCUT2D eigenvalue weighted by Crippen LogP contribution is 2.39. The Bertz CT molecular complexity index is 1450. The van der Waals surface area contributed by atoms with E-state index < -0.39 is 50.9 Å². The van der Waals surface area contributed by atoms with Gasteiger partial charge in [-0.2, -0.15) is 0 Å². The summed E-state index contributed by atoms with van der Waals surface area (Å²) in [5.74, 6) is 0. The van der Waals surface area contributed by atoms with E-state index in [2.05, 4.69) is 40.4 Å². The number of hydrogen-bond donors (Lipinski definition) is 1. The van der Waals surface area contributed by atoms with Crippen LogP contribution in [0.1, 0.15) is 37.4 Å². The van der Waals surface area contributed by atoms with E-state index in [-0.39, 0.29) is 37.9 Å². The van der Waals surface area contributed by atoms with E-state index in [4.69, 9.17) is 9.26 Å². The molecule has 40 heavy (non-hydrogen) atoms. The van der Waals surface area contributed by atoms with E-state index >= 15 is 0 Å². The van der Waals surface area contributed by atoms with Crippen molar-refractivity contribution in [3.63, 3.8) is 0 Å². The number of thiazole rings is 1. The first kappa shape index (κ1) is 31.6. The number of nitro benzene ring substituents is 1. The molecule has 0 bridgehead atoms. The zero-order valence-electron chi connectivity index (χ0n) is 23.0. The maximum absolute atomic E-state index is 13.8. The predicted octanol–water partition coefficient (Wildman–Crippen LogP) is 4.18. The average molecular weight is 615 g/mol. The molecule has 0 saturated carbocycles. The van der Waals surface area contributed by atoms with Crippen LogP contribution in [0.5, 0.6) is 0 Å². The van der Waals surface area contributed by atoms with Crippen molar-refractivity contribution in [2.45, 2.75) is 62.9 Å². The topological polar surface area (TPSA) is 162 Å². The molecule has 1 aliphatic heterocycles. The molecule has 1 aromatic carbocycles. The van der Waals surface area contributed by atoms with E-state index in [0.29, 0.717) is 15.0 Å². The van der Waals surface area contributed by atoms with Crippen molar-refractivity contribution in [3.05, 3.63) is 67.3 Å². The predicted molar refractivity (Wildman–Crippen MR) is 151 cm³/mol. The normalized spacial score (nSPS) is 16.1. The van der Waals surface area contributed by atoms with Gasteiger partial charge in [-0.15, -0.1) is 6.58 Å². The summed E-state index contributed by atoms with van der Waals surface area (Å²) in [5, 5.41) is 21.4. The van der Waals surface area contributed by atoms with Crippen LogP contribution in [-0.2, 0) is 32.4 Å². The molecule has 1 amide bonds. The van der Waals surface area contributed by atoms with Gasteiger partial charge in [0.15, 0.2) is 13.2 Å². The summed E-state index contributed by atoms with van der Waals surface area (Å²) < 4.78 is 35.8. The van der Waals surface area contributed by atoms with E-state index in [9.17, 15) is 33.2 Å². The number of para-hydroxylation sites is 1. The second-order valence-corrected chi connectivity index (χ2v) is 18.2. The molecule has 0 saturated heterocycles. The minimum absolute atomic E-state index is 0.0609. The van der Waals surface area contributed by atoms with Crippen molar-refractivity contribution in [2.24, 2.45) is 0 Å². The lowest BCUT2D eigenvalue weighted by atomic mass is 10.1. The fraction of sp³-hybridized carbons (Fsp3) is 0.500. The van der Waals surface area contributed by atoms with Crippen LogP contribution in [0.4, 0.5) is 10.5 Å². The van der Waals surface area contributed by atoms with Crippen molar-refractivity contribution in [2.75, 3.05) is 19.8 Å². The number of aromatic nitrogens is 1. The third-order valence-corrected chi connectivity index (χ3v) is 14.5. The summed E-state index contributed by atoms with van der Waals surface area (Å²) in [6.07, 6.45) is -0.0444. The molecule has 1 aromatic heterocycles. The van der Waals surface area contributed by atoms with E-state index in [1.807, 2.05) is 0 Å². The fourth-order valence-corrected chi connectivity index (χ4v) is 7.69. The van der Waals surface area contributed by atoms with Crippen LogP contribution in [-0.4, -0.2) is 66.6 Å². The molecule has 1 aliphatic rings. The van der Waals surface area contributed by atoms with Gasteiger partial charge in [0.05, 0.1) is 35.3 Å². The van der Waals surface area contributed by atoms with Gasteiger partial charge in [-0.05, 0) is 24.2 Å². The Morgan fingerprint density at radius 3 is 2.58 bits per heavy atom. The molecule has 0 fully saturated rings.